The molecule has 0 saturated carbocycles. The zero-order chi connectivity index (χ0) is 46.8. The molecule has 0 aliphatic carbocycles. The number of primary amides is 1. The lowest BCUT2D eigenvalue weighted by Gasteiger charge is -2.14. The van der Waals surface area contributed by atoms with Crippen molar-refractivity contribution in [2.24, 2.45) is 27.9 Å². The maximum absolute atomic E-state index is 13.8. The lowest BCUT2D eigenvalue weighted by molar-refractivity contribution is 0.0994. The number of nitrogens with zero attached hydrogens (tertiary/aromatic N) is 9. The molecule has 6 aromatic rings. The van der Waals surface area contributed by atoms with Crippen molar-refractivity contribution in [2.75, 3.05) is 44.0 Å². The molecule has 1 unspecified atom stereocenters. The van der Waals surface area contributed by atoms with E-state index < -0.39 is 23.9 Å². The second-order valence-corrected chi connectivity index (χ2v) is 14.8. The number of aliphatic hydroxyl groups is 1. The number of aliphatic hydroxyl groups excluding tert-OH is 1. The smallest absolute Gasteiger partial charge is 0.276 e. The maximum atomic E-state index is 13.8. The number of aromatic nitrogens is 8. The van der Waals surface area contributed by atoms with Crippen LogP contribution in [0.25, 0.3) is 22.1 Å². The van der Waals surface area contributed by atoms with Gasteiger partial charge in [0.05, 0.1) is 35.6 Å². The van der Waals surface area contributed by atoms with Crippen molar-refractivity contribution in [1.29, 1.82) is 0 Å². The third-order valence-corrected chi connectivity index (χ3v) is 10.0. The topological polar surface area (TPSA) is 314 Å². The molecule has 22 nitrogen and oxygen atoms in total. The molecule has 0 spiro atoms. The molecule has 0 fully saturated rings. The van der Waals surface area contributed by atoms with Crippen LogP contribution in [0, 0.1) is 13.8 Å². The molecule has 4 heterocycles. The highest BCUT2D eigenvalue weighted by atomic mass is 16.5. The summed E-state index contributed by atoms with van der Waals surface area (Å²) in [6.45, 7) is 9.93. The van der Waals surface area contributed by atoms with Crippen molar-refractivity contribution in [2.45, 2.75) is 66.5 Å². The molecule has 0 radical (unpaired) electrons. The molecule has 6 rings (SSSR count). The van der Waals surface area contributed by atoms with Crippen LogP contribution < -0.4 is 48.4 Å². The van der Waals surface area contributed by atoms with Crippen molar-refractivity contribution in [3.8, 4) is 11.5 Å². The summed E-state index contributed by atoms with van der Waals surface area (Å²) in [6, 6.07) is 9.72. The Morgan fingerprint density at radius 2 is 1.34 bits per heavy atom. The van der Waals surface area contributed by atoms with E-state index in [-0.39, 0.29) is 49.7 Å². The summed E-state index contributed by atoms with van der Waals surface area (Å²) < 4.78 is 19.2. The van der Waals surface area contributed by atoms with E-state index in [0.29, 0.717) is 94.6 Å². The van der Waals surface area contributed by atoms with Gasteiger partial charge >= 0.3 is 0 Å². The molecule has 0 saturated heterocycles. The van der Waals surface area contributed by atoms with E-state index in [2.05, 4.69) is 31.1 Å². The van der Waals surface area contributed by atoms with Gasteiger partial charge in [0, 0.05) is 37.3 Å². The van der Waals surface area contributed by atoms with Crippen molar-refractivity contribution < 1.29 is 29.0 Å². The zero-order valence-corrected chi connectivity index (χ0v) is 37.0. The molecular weight excluding hydrogens is 837 g/mol. The van der Waals surface area contributed by atoms with Gasteiger partial charge in [-0.2, -0.15) is 10.2 Å². The average molecular weight is 893 g/mol. The first-order valence-corrected chi connectivity index (χ1v) is 21.0. The maximum Gasteiger partial charge on any atom is 0.276 e. The molecule has 0 aliphatic rings. The number of hydrogen-bond donors (Lipinski definition) is 8. The Kier molecular flexibility index (Phi) is 15.3. The van der Waals surface area contributed by atoms with Gasteiger partial charge in [-0.3, -0.25) is 34.4 Å². The number of nitrogens with two attached hydrogens (primary N) is 4. The van der Waals surface area contributed by atoms with Crippen LogP contribution in [-0.4, -0.2) is 101 Å². The van der Waals surface area contributed by atoms with Gasteiger partial charge in [-0.05, 0) is 90.2 Å². The van der Waals surface area contributed by atoms with Crippen LogP contribution in [0.15, 0.2) is 65.7 Å². The minimum Gasteiger partial charge on any atom is -0.491 e. The molecule has 2 aromatic carbocycles. The SMILES string of the molecule is CCn1nc(C)cc1C(=O)Nc1nc2cc(C(N)O)cc(OC/C=C/CN=C(N)N)c2n1C/C=C/Cn1c(NC(=O)c2cc(C)nn2CC)nc2cc(C(N)=O)cc(OCCCNC)c21. The number of guanidine groups is 1. The summed E-state index contributed by atoms with van der Waals surface area (Å²) >= 11 is 0. The first-order valence-electron chi connectivity index (χ1n) is 21.0. The van der Waals surface area contributed by atoms with Crippen LogP contribution in [0.1, 0.15) is 74.8 Å². The molecule has 1 atom stereocenters. The summed E-state index contributed by atoms with van der Waals surface area (Å²) in [6.07, 6.45) is 6.47. The highest BCUT2D eigenvalue weighted by molar-refractivity contribution is 6.05. The van der Waals surface area contributed by atoms with E-state index in [4.69, 9.17) is 42.4 Å². The fourth-order valence-electron chi connectivity index (χ4n) is 7.06. The normalized spacial score (nSPS) is 12.1. The Bertz CT molecular complexity index is 2770. The first-order chi connectivity index (χ1) is 31.2. The van der Waals surface area contributed by atoms with E-state index >= 15 is 0 Å². The van der Waals surface area contributed by atoms with Crippen LogP contribution in [-0.2, 0) is 26.2 Å². The summed E-state index contributed by atoms with van der Waals surface area (Å²) in [5.74, 6) is -0.577. The zero-order valence-electron chi connectivity index (χ0n) is 37.0. The number of amides is 3. The van der Waals surface area contributed by atoms with Gasteiger partial charge in [0.15, 0.2) is 5.96 Å². The fraction of sp³-hybridized carbons (Fsp3) is 0.349. The Morgan fingerprint density at radius 1 is 0.785 bits per heavy atom. The van der Waals surface area contributed by atoms with Gasteiger partial charge < -0.3 is 52.0 Å². The first kappa shape index (κ1) is 46.9. The molecule has 3 amide bonds. The van der Waals surface area contributed by atoms with Crippen molar-refractivity contribution in [3.63, 3.8) is 0 Å². The number of rotatable bonds is 22. The summed E-state index contributed by atoms with van der Waals surface area (Å²) in [4.78, 5) is 53.6. The minimum absolute atomic E-state index is 0.0471. The van der Waals surface area contributed by atoms with E-state index in [1.54, 1.807) is 80.9 Å². The number of carbonyl (C=O) groups is 3. The molecule has 12 N–H and O–H groups in total. The number of aryl methyl sites for hydroxylation is 4. The van der Waals surface area contributed by atoms with E-state index in [0.717, 1.165) is 0 Å². The Morgan fingerprint density at radius 3 is 1.85 bits per heavy atom. The summed E-state index contributed by atoms with van der Waals surface area (Å²) in [5, 5.41) is 28.3. The van der Waals surface area contributed by atoms with Gasteiger partial charge in [-0.15, -0.1) is 0 Å². The average Bonchev–Trinajstić information content (AvgIpc) is 4.04. The predicted octanol–water partition coefficient (Wildman–Crippen LogP) is 2.44. The molecular formula is C43H56N16O6. The van der Waals surface area contributed by atoms with Crippen LogP contribution in [0.5, 0.6) is 11.5 Å². The predicted molar refractivity (Wildman–Crippen MR) is 247 cm³/mol. The number of imidazole rings is 2. The molecule has 344 valence electrons. The number of benzene rings is 2. The molecule has 65 heavy (non-hydrogen) atoms. The standard InChI is InChI=1S/C43H56N16O6/c1-6-58-31(19-25(3)54-58)39(62)52-42-50-29-21-27(37(44)60)23-33(64-17-11-8-14-49-41(46)47)35(29)56(42)15-9-10-16-57-36-30(22-28(38(45)61)24-34(36)65-18-12-13-48-5)51-43(57)53-40(63)32-20-26(4)55-59(32)7-2/h8-11,19-24,37,48,60H,6-7,12-18,44H2,1-5H3,(H2,45,61)(H4,46,47,49)(H,50,52,62)(H,51,53,63)/b10-9+,11-8+. The van der Waals surface area contributed by atoms with Gasteiger partial charge in [0.25, 0.3) is 11.8 Å². The minimum atomic E-state index is -1.35. The van der Waals surface area contributed by atoms with Gasteiger partial charge in [0.2, 0.25) is 17.8 Å². The fourth-order valence-corrected chi connectivity index (χ4v) is 7.06. The van der Waals surface area contributed by atoms with Crippen molar-refractivity contribution in [3.05, 3.63) is 94.6 Å². The number of allylic oxidation sites excluding steroid dienone is 2. The molecule has 4 aromatic heterocycles. The van der Waals surface area contributed by atoms with Gasteiger partial charge in [0.1, 0.15) is 46.8 Å². The van der Waals surface area contributed by atoms with Crippen LogP contribution in [0.2, 0.25) is 0 Å². The number of ether oxygens (including phenoxy) is 2. The quantitative estimate of drug-likeness (QED) is 0.0160. The third-order valence-electron chi connectivity index (χ3n) is 10.0. The second-order valence-electron chi connectivity index (χ2n) is 14.8. The Labute approximate surface area is 374 Å². The van der Waals surface area contributed by atoms with Crippen LogP contribution in [0.3, 0.4) is 0 Å². The number of fused-ring (bicyclic) bond motifs is 2. The van der Waals surface area contributed by atoms with Gasteiger partial charge in [-0.1, -0.05) is 18.2 Å². The van der Waals surface area contributed by atoms with Crippen LogP contribution in [0.4, 0.5) is 11.9 Å². The number of aliphatic imine (C=N–C) groups is 1. The largest absolute Gasteiger partial charge is 0.491 e. The summed E-state index contributed by atoms with van der Waals surface area (Å²) in [7, 11) is 1.84. The number of hydrogen-bond acceptors (Lipinski definition) is 13. The number of nitrogens with one attached hydrogen (secondary N) is 3. The van der Waals surface area contributed by atoms with E-state index in [1.165, 1.54) is 0 Å². The third kappa shape index (κ3) is 11.2. The van der Waals surface area contributed by atoms with E-state index in [9.17, 15) is 19.5 Å². The molecule has 0 aliphatic heterocycles. The highest BCUT2D eigenvalue weighted by Gasteiger charge is 2.24. The monoisotopic (exact) mass is 892 g/mol. The highest BCUT2D eigenvalue weighted by Crippen LogP contribution is 2.34. The summed E-state index contributed by atoms with van der Waals surface area (Å²) in [5.41, 5.74) is 26.9. The second kappa shape index (κ2) is 21.2. The van der Waals surface area contributed by atoms with Crippen molar-refractivity contribution in [1.82, 2.24) is 44.0 Å². The lowest BCUT2D eigenvalue weighted by atomic mass is 10.1. The van der Waals surface area contributed by atoms with Gasteiger partial charge in [-0.25, -0.2) is 15.0 Å². The molecule has 22 heteroatoms. The number of anilines is 2. The van der Waals surface area contributed by atoms with Crippen molar-refractivity contribution >= 4 is 57.6 Å². The Balaban J connectivity index is 1.42. The number of carbonyl (C=O) groups excluding carboxylic acids is 3. The lowest BCUT2D eigenvalue weighted by Crippen LogP contribution is -2.22. The van der Waals surface area contributed by atoms with Crippen LogP contribution >= 0.6 is 0 Å². The van der Waals surface area contributed by atoms with E-state index in [1.807, 2.05) is 33.0 Å². The Hall–Kier alpha value is -7.56. The molecule has 0 bridgehead atoms.